The smallest absolute Gasteiger partial charge is 0.143 e. The molecule has 0 heterocycles. The highest BCUT2D eigenvalue weighted by Crippen LogP contribution is 2.39. The van der Waals surface area contributed by atoms with Gasteiger partial charge < -0.3 is 9.64 Å². The quantitative estimate of drug-likeness (QED) is 0.326. The van der Waals surface area contributed by atoms with E-state index in [4.69, 9.17) is 14.3 Å². The maximum atomic E-state index is 8.48. The molecule has 0 unspecified atom stereocenters. The summed E-state index contributed by atoms with van der Waals surface area (Å²) in [6, 6.07) is 16.6. The van der Waals surface area contributed by atoms with Gasteiger partial charge in [0.15, 0.2) is 0 Å². The number of benzene rings is 4. The normalized spacial score (nSPS) is 14.0. The second-order valence-electron chi connectivity index (χ2n) is 5.54. The first-order valence-electron chi connectivity index (χ1n) is 11.6. The van der Waals surface area contributed by atoms with Crippen molar-refractivity contribution in [3.63, 3.8) is 0 Å². The van der Waals surface area contributed by atoms with Gasteiger partial charge in [0.2, 0.25) is 0 Å². The van der Waals surface area contributed by atoms with Crippen LogP contribution < -0.4 is 9.64 Å². The summed E-state index contributed by atoms with van der Waals surface area (Å²) >= 11 is 3.48. The first-order valence-corrected chi connectivity index (χ1v) is 8.94. The number of hydrogen-bond acceptors (Lipinski definition) is 2. The lowest BCUT2D eigenvalue weighted by Crippen LogP contribution is -2.09. The first kappa shape index (κ1) is 11.0. The van der Waals surface area contributed by atoms with Gasteiger partial charge in [-0.25, -0.2) is 0 Å². The van der Waals surface area contributed by atoms with Crippen LogP contribution in [0.4, 0.5) is 17.1 Å². The maximum absolute atomic E-state index is 8.48. The highest BCUT2D eigenvalue weighted by molar-refractivity contribution is 9.10. The summed E-state index contributed by atoms with van der Waals surface area (Å²) in [4.78, 5) is 1.53. The molecule has 3 heteroatoms. The van der Waals surface area contributed by atoms with Crippen molar-refractivity contribution < 1.29 is 14.3 Å². The monoisotopic (exact) mass is 422 g/mol. The molecule has 0 saturated carbocycles. The van der Waals surface area contributed by atoms with Crippen LogP contribution in [0.5, 0.6) is 11.5 Å². The molecule has 0 fully saturated rings. The fourth-order valence-corrected chi connectivity index (χ4v) is 2.90. The number of anilines is 3. The van der Waals surface area contributed by atoms with Crippen LogP contribution in [0.25, 0.3) is 0 Å². The minimum Gasteiger partial charge on any atom is -0.456 e. The van der Waals surface area contributed by atoms with Gasteiger partial charge in [0.05, 0.1) is 14.1 Å². The molecule has 0 radical (unpaired) electrons. The van der Waals surface area contributed by atoms with Crippen molar-refractivity contribution >= 4 is 33.0 Å². The van der Waals surface area contributed by atoms with E-state index in [1.807, 2.05) is 18.2 Å². The lowest BCUT2D eigenvalue weighted by atomic mass is 10.2. The standard InChI is InChI=1S/C24H18BrNO/c25-23-17-16-21(18-24(23)27-22-14-8-3-9-15-22)26(19-10-4-1-5-11-19)20-12-6-2-7-13-20/h1-18H/i1D,2D,4D,5D,6D,7D,10D. The SMILES string of the molecule is [2H]c1cc(N(c2ccc(Br)c(Oc3ccccc3)c2)c2cc([2H])c([2H])c([2H])c2[2H])cc([2H])c1[2H]. The summed E-state index contributed by atoms with van der Waals surface area (Å²) in [6.45, 7) is 0. The molecule has 132 valence electrons. The summed E-state index contributed by atoms with van der Waals surface area (Å²) < 4.78 is 63.4. The van der Waals surface area contributed by atoms with E-state index in [0.717, 1.165) is 0 Å². The molecule has 0 atom stereocenters. The molecule has 2 nitrogen and oxygen atoms in total. The number of nitrogens with zero attached hydrogens (tertiary/aromatic N) is 1. The number of hydrogen-bond donors (Lipinski definition) is 0. The molecule has 0 saturated heterocycles. The topological polar surface area (TPSA) is 12.5 Å². The van der Waals surface area contributed by atoms with Crippen LogP contribution in [0.2, 0.25) is 0 Å². The van der Waals surface area contributed by atoms with E-state index in [1.165, 1.54) is 23.1 Å². The fourth-order valence-electron chi connectivity index (χ4n) is 2.58. The van der Waals surface area contributed by atoms with Crippen molar-refractivity contribution in [3.8, 4) is 11.5 Å². The van der Waals surface area contributed by atoms with E-state index in [9.17, 15) is 0 Å². The molecule has 4 aromatic carbocycles. The maximum Gasteiger partial charge on any atom is 0.143 e. The van der Waals surface area contributed by atoms with Gasteiger partial charge in [0, 0.05) is 23.1 Å². The van der Waals surface area contributed by atoms with Crippen LogP contribution >= 0.6 is 15.9 Å². The van der Waals surface area contributed by atoms with Crippen LogP contribution in [-0.4, -0.2) is 0 Å². The Balaban J connectivity index is 1.94. The predicted molar refractivity (Wildman–Crippen MR) is 115 cm³/mol. The minimum atomic E-state index is -0.403. The van der Waals surface area contributed by atoms with E-state index in [-0.39, 0.29) is 41.9 Å². The first-order chi connectivity index (χ1) is 16.2. The Morgan fingerprint density at radius 1 is 0.704 bits per heavy atom. The van der Waals surface area contributed by atoms with Crippen molar-refractivity contribution in [1.82, 2.24) is 0 Å². The molecular weight excluding hydrogens is 398 g/mol. The van der Waals surface area contributed by atoms with E-state index < -0.39 is 6.04 Å². The van der Waals surface area contributed by atoms with Crippen LogP contribution in [0, 0.1) is 0 Å². The Hall–Kier alpha value is -3.04. The third kappa shape index (κ3) is 4.04. The highest BCUT2D eigenvalue weighted by Gasteiger charge is 2.14. The number of para-hydroxylation sites is 3. The molecule has 0 spiro atoms. The zero-order valence-electron chi connectivity index (χ0n) is 21.1. The van der Waals surface area contributed by atoms with Gasteiger partial charge in [-0.15, -0.1) is 0 Å². The van der Waals surface area contributed by atoms with Crippen molar-refractivity contribution in [2.24, 2.45) is 0 Å². The molecule has 4 aromatic rings. The summed E-state index contributed by atoms with van der Waals surface area (Å²) in [7, 11) is 0. The molecular formula is C24H18BrNO. The second kappa shape index (κ2) is 8.11. The molecule has 4 rings (SSSR count). The summed E-state index contributed by atoms with van der Waals surface area (Å²) in [5, 5.41) is 0. The summed E-state index contributed by atoms with van der Waals surface area (Å²) in [5.74, 6) is 1.07. The van der Waals surface area contributed by atoms with Crippen molar-refractivity contribution in [1.29, 1.82) is 0 Å². The van der Waals surface area contributed by atoms with Gasteiger partial charge in [0.1, 0.15) is 11.5 Å². The van der Waals surface area contributed by atoms with E-state index >= 15 is 0 Å². The van der Waals surface area contributed by atoms with Crippen molar-refractivity contribution in [3.05, 3.63) is 113 Å². The Morgan fingerprint density at radius 3 is 2.19 bits per heavy atom. The van der Waals surface area contributed by atoms with Crippen LogP contribution in [0.1, 0.15) is 9.60 Å². The lowest BCUT2D eigenvalue weighted by Gasteiger charge is -2.26. The van der Waals surface area contributed by atoms with E-state index in [1.54, 1.807) is 30.3 Å². The molecule has 0 aliphatic rings. The van der Waals surface area contributed by atoms with Crippen LogP contribution in [-0.2, 0) is 0 Å². The highest BCUT2D eigenvalue weighted by atomic mass is 79.9. The summed E-state index contributed by atoms with van der Waals surface area (Å²) in [6.07, 6.45) is 0. The Morgan fingerprint density at radius 2 is 1.41 bits per heavy atom. The lowest BCUT2D eigenvalue weighted by molar-refractivity contribution is 0.480. The van der Waals surface area contributed by atoms with E-state index in [2.05, 4.69) is 15.9 Å². The predicted octanol–water partition coefficient (Wildman–Crippen LogP) is 7.71. The zero-order valence-corrected chi connectivity index (χ0v) is 15.7. The Kier molecular flexibility index (Phi) is 3.29. The molecule has 0 amide bonds. The number of halogens is 1. The van der Waals surface area contributed by atoms with Gasteiger partial charge >= 0.3 is 0 Å². The molecule has 0 aromatic heterocycles. The van der Waals surface area contributed by atoms with Gasteiger partial charge in [-0.1, -0.05) is 54.5 Å². The number of ether oxygens (including phenoxy) is 1. The van der Waals surface area contributed by atoms with Gasteiger partial charge in [-0.2, -0.15) is 0 Å². The van der Waals surface area contributed by atoms with Gasteiger partial charge in [-0.05, 0) is 64.4 Å². The number of rotatable bonds is 5. The largest absolute Gasteiger partial charge is 0.456 e. The molecule has 0 bridgehead atoms. The second-order valence-corrected chi connectivity index (χ2v) is 6.40. The van der Waals surface area contributed by atoms with Crippen molar-refractivity contribution in [2.75, 3.05) is 4.90 Å². The zero-order chi connectivity index (χ0) is 24.6. The van der Waals surface area contributed by atoms with E-state index in [0.29, 0.717) is 27.3 Å². The average molecular weight is 423 g/mol. The summed E-state index contributed by atoms with van der Waals surface area (Å²) in [5.41, 5.74) is 0.926. The fraction of sp³-hybridized carbons (Fsp3) is 0. The molecule has 0 aliphatic carbocycles. The van der Waals surface area contributed by atoms with Gasteiger partial charge in [-0.3, -0.25) is 0 Å². The minimum absolute atomic E-state index is 0.135. The molecule has 0 aliphatic heterocycles. The third-order valence-electron chi connectivity index (χ3n) is 3.76. The molecule has 0 N–H and O–H groups in total. The molecule has 27 heavy (non-hydrogen) atoms. The van der Waals surface area contributed by atoms with Crippen molar-refractivity contribution in [2.45, 2.75) is 0 Å². The average Bonchev–Trinajstić information content (AvgIpc) is 2.82. The third-order valence-corrected chi connectivity index (χ3v) is 4.42. The van der Waals surface area contributed by atoms with Gasteiger partial charge in [0.25, 0.3) is 0 Å². The van der Waals surface area contributed by atoms with Crippen LogP contribution in [0.15, 0.2) is 113 Å². The Bertz CT molecular complexity index is 1360. The Labute approximate surface area is 177 Å². The van der Waals surface area contributed by atoms with Crippen LogP contribution in [0.3, 0.4) is 0 Å².